The first kappa shape index (κ1) is 17.9. The second-order valence-corrected chi connectivity index (χ2v) is 8.96. The fourth-order valence-corrected chi connectivity index (χ4v) is 5.21. The molecule has 25 heavy (non-hydrogen) atoms. The Hall–Kier alpha value is -1.93. The van der Waals surface area contributed by atoms with E-state index in [1.165, 1.54) is 23.5 Å². The van der Waals surface area contributed by atoms with E-state index in [0.717, 1.165) is 17.1 Å². The van der Waals surface area contributed by atoms with Crippen LogP contribution in [-0.4, -0.2) is 43.8 Å². The second kappa shape index (κ2) is 7.53. The Balaban J connectivity index is 1.87. The Morgan fingerprint density at radius 2 is 2.12 bits per heavy atom. The molecule has 1 atom stereocenters. The number of nitrogens with zero attached hydrogens (tertiary/aromatic N) is 3. The van der Waals surface area contributed by atoms with Gasteiger partial charge in [0, 0.05) is 24.7 Å². The first-order valence-corrected chi connectivity index (χ1v) is 10.6. The normalized spacial score (nSPS) is 18.1. The van der Waals surface area contributed by atoms with Gasteiger partial charge in [-0.05, 0) is 30.9 Å². The molecule has 8 heteroatoms. The van der Waals surface area contributed by atoms with Crippen molar-refractivity contribution in [1.82, 2.24) is 9.88 Å². The van der Waals surface area contributed by atoms with Crippen LogP contribution in [0.3, 0.4) is 0 Å². The van der Waals surface area contributed by atoms with Gasteiger partial charge in [-0.1, -0.05) is 25.1 Å². The van der Waals surface area contributed by atoms with Gasteiger partial charge < -0.3 is 4.90 Å². The van der Waals surface area contributed by atoms with Crippen molar-refractivity contribution in [3.8, 4) is 0 Å². The van der Waals surface area contributed by atoms with Crippen molar-refractivity contribution in [3.63, 3.8) is 0 Å². The van der Waals surface area contributed by atoms with Gasteiger partial charge in [0.2, 0.25) is 5.91 Å². The second-order valence-electron chi connectivity index (χ2n) is 6.23. The molecule has 0 N–H and O–H groups in total. The van der Waals surface area contributed by atoms with Gasteiger partial charge in [-0.25, -0.2) is 17.7 Å². The minimum absolute atomic E-state index is 0.157. The minimum Gasteiger partial charge on any atom is -0.341 e. The highest BCUT2D eigenvalue weighted by Crippen LogP contribution is 2.26. The Labute approximate surface area is 152 Å². The molecule has 0 bridgehead atoms. The van der Waals surface area contributed by atoms with Crippen molar-refractivity contribution >= 4 is 32.4 Å². The predicted molar refractivity (Wildman–Crippen MR) is 98.1 cm³/mol. The monoisotopic (exact) mass is 379 g/mol. The minimum atomic E-state index is -3.84. The maximum atomic E-state index is 13.0. The topological polar surface area (TPSA) is 70.6 Å². The lowest BCUT2D eigenvalue weighted by Crippen LogP contribution is -2.46. The van der Waals surface area contributed by atoms with E-state index < -0.39 is 10.0 Å². The number of carbonyl (C=O) groups is 1. The highest BCUT2D eigenvalue weighted by molar-refractivity contribution is 7.93. The van der Waals surface area contributed by atoms with Crippen LogP contribution < -0.4 is 4.31 Å². The lowest BCUT2D eigenvalue weighted by molar-refractivity contribution is -0.131. The van der Waals surface area contributed by atoms with Crippen LogP contribution in [0.1, 0.15) is 19.8 Å². The number of rotatable bonds is 5. The van der Waals surface area contributed by atoms with E-state index in [1.54, 1.807) is 34.7 Å². The summed E-state index contributed by atoms with van der Waals surface area (Å²) in [6.45, 7) is 3.24. The van der Waals surface area contributed by atoms with E-state index in [4.69, 9.17) is 0 Å². The Bertz CT molecular complexity index is 807. The van der Waals surface area contributed by atoms with Crippen LogP contribution in [0, 0.1) is 5.92 Å². The third-order valence-corrected chi connectivity index (χ3v) is 6.91. The summed E-state index contributed by atoms with van der Waals surface area (Å²) in [5.74, 6) is 0.262. The van der Waals surface area contributed by atoms with Crippen molar-refractivity contribution in [2.45, 2.75) is 24.7 Å². The molecule has 0 aliphatic carbocycles. The van der Waals surface area contributed by atoms with Crippen molar-refractivity contribution in [2.24, 2.45) is 5.92 Å². The Morgan fingerprint density at radius 3 is 2.76 bits per heavy atom. The number of sulfonamides is 1. The van der Waals surface area contributed by atoms with E-state index in [2.05, 4.69) is 11.9 Å². The molecule has 1 aliphatic heterocycles. The summed E-state index contributed by atoms with van der Waals surface area (Å²) in [5, 5.41) is 2.01. The van der Waals surface area contributed by atoms with Crippen molar-refractivity contribution < 1.29 is 13.2 Å². The third kappa shape index (κ3) is 4.01. The Kier molecular flexibility index (Phi) is 5.39. The fourth-order valence-electron chi connectivity index (χ4n) is 2.95. The highest BCUT2D eigenvalue weighted by Gasteiger charge is 2.31. The van der Waals surface area contributed by atoms with E-state index in [1.807, 2.05) is 0 Å². The standard InChI is InChI=1S/C17H21N3O3S2/c1-14-6-5-10-19(12-14)16(21)13-20(17-18-9-11-24-17)25(22,23)15-7-3-2-4-8-15/h2-4,7-9,11,14H,5-6,10,12-13H2,1H3/t14-/m0/s1. The molecule has 0 unspecified atom stereocenters. The zero-order valence-corrected chi connectivity index (χ0v) is 15.7. The quantitative estimate of drug-likeness (QED) is 0.801. The summed E-state index contributed by atoms with van der Waals surface area (Å²) in [5.41, 5.74) is 0. The highest BCUT2D eigenvalue weighted by atomic mass is 32.2. The van der Waals surface area contributed by atoms with Gasteiger partial charge in [-0.15, -0.1) is 11.3 Å². The van der Waals surface area contributed by atoms with Crippen LogP contribution in [-0.2, 0) is 14.8 Å². The maximum absolute atomic E-state index is 13.0. The van der Waals surface area contributed by atoms with Gasteiger partial charge in [-0.2, -0.15) is 0 Å². The van der Waals surface area contributed by atoms with Gasteiger partial charge in [-0.3, -0.25) is 4.79 Å². The van der Waals surface area contributed by atoms with E-state index >= 15 is 0 Å². The van der Waals surface area contributed by atoms with Crippen LogP contribution in [0.2, 0.25) is 0 Å². The average molecular weight is 380 g/mol. The molecule has 1 aromatic carbocycles. The van der Waals surface area contributed by atoms with Crippen LogP contribution in [0.5, 0.6) is 0 Å². The van der Waals surface area contributed by atoms with Crippen LogP contribution in [0.25, 0.3) is 0 Å². The number of aromatic nitrogens is 1. The average Bonchev–Trinajstić information content (AvgIpc) is 3.14. The molecule has 1 saturated heterocycles. The fraction of sp³-hybridized carbons (Fsp3) is 0.412. The van der Waals surface area contributed by atoms with Crippen LogP contribution >= 0.6 is 11.3 Å². The van der Waals surface area contributed by atoms with E-state index in [-0.39, 0.29) is 17.3 Å². The van der Waals surface area contributed by atoms with Gasteiger partial charge in [0.05, 0.1) is 4.90 Å². The maximum Gasteiger partial charge on any atom is 0.266 e. The number of carbonyl (C=O) groups excluding carboxylic acids is 1. The van der Waals surface area contributed by atoms with Gasteiger partial charge >= 0.3 is 0 Å². The molecule has 1 aromatic heterocycles. The third-order valence-electron chi connectivity index (χ3n) is 4.25. The number of piperidine rings is 1. The van der Waals surface area contributed by atoms with Crippen molar-refractivity contribution in [3.05, 3.63) is 41.9 Å². The lowest BCUT2D eigenvalue weighted by Gasteiger charge is -2.32. The molecular weight excluding hydrogens is 358 g/mol. The SMILES string of the molecule is C[C@H]1CCCN(C(=O)CN(c2nccs2)S(=O)(=O)c2ccccc2)C1. The number of hydrogen-bond donors (Lipinski definition) is 0. The first-order valence-electron chi connectivity index (χ1n) is 8.23. The summed E-state index contributed by atoms with van der Waals surface area (Å²) >= 11 is 1.21. The molecule has 1 fully saturated rings. The zero-order valence-electron chi connectivity index (χ0n) is 14.0. The molecule has 0 saturated carbocycles. The molecule has 3 rings (SSSR count). The predicted octanol–water partition coefficient (Wildman–Crippen LogP) is 2.60. The summed E-state index contributed by atoms with van der Waals surface area (Å²) in [4.78, 5) is 18.8. The lowest BCUT2D eigenvalue weighted by atomic mass is 10.0. The van der Waals surface area contributed by atoms with Crippen molar-refractivity contribution in [2.75, 3.05) is 23.9 Å². The number of hydrogen-bond acceptors (Lipinski definition) is 5. The molecule has 6 nitrogen and oxygen atoms in total. The summed E-state index contributed by atoms with van der Waals surface area (Å²) in [6, 6.07) is 8.15. The van der Waals surface area contributed by atoms with Crippen molar-refractivity contribution in [1.29, 1.82) is 0 Å². The summed E-state index contributed by atoms with van der Waals surface area (Å²) in [6.07, 6.45) is 3.60. The first-order chi connectivity index (χ1) is 12.0. The summed E-state index contributed by atoms with van der Waals surface area (Å²) in [7, 11) is -3.84. The smallest absolute Gasteiger partial charge is 0.266 e. The molecule has 2 aromatic rings. The molecule has 134 valence electrons. The molecule has 1 amide bonds. The number of anilines is 1. The van der Waals surface area contributed by atoms with Gasteiger partial charge in [0.25, 0.3) is 10.0 Å². The zero-order chi connectivity index (χ0) is 17.9. The van der Waals surface area contributed by atoms with Gasteiger partial charge in [0.1, 0.15) is 6.54 Å². The number of amides is 1. The molecule has 0 radical (unpaired) electrons. The molecular formula is C17H21N3O3S2. The van der Waals surface area contributed by atoms with Gasteiger partial charge in [0.15, 0.2) is 5.13 Å². The largest absolute Gasteiger partial charge is 0.341 e. The van der Waals surface area contributed by atoms with E-state index in [0.29, 0.717) is 24.1 Å². The van der Waals surface area contributed by atoms with E-state index in [9.17, 15) is 13.2 Å². The number of benzene rings is 1. The summed E-state index contributed by atoms with van der Waals surface area (Å²) < 4.78 is 27.2. The van der Waals surface area contributed by atoms with Crippen LogP contribution in [0.15, 0.2) is 46.8 Å². The molecule has 2 heterocycles. The Morgan fingerprint density at radius 1 is 1.36 bits per heavy atom. The number of likely N-dealkylation sites (tertiary alicyclic amines) is 1. The molecule has 1 aliphatic rings. The molecule has 0 spiro atoms. The van der Waals surface area contributed by atoms with Crippen LogP contribution in [0.4, 0.5) is 5.13 Å². The number of thiazole rings is 1.